The quantitative estimate of drug-likeness (QED) is 0.366. The summed E-state index contributed by atoms with van der Waals surface area (Å²) < 4.78 is 4.45. The molecular weight excluding hydrogens is 282 g/mol. The van der Waals surface area contributed by atoms with Gasteiger partial charge in [-0.2, -0.15) is 0 Å². The molecule has 0 aliphatic carbocycles. The number of nitrogens with one attached hydrogen (secondary N) is 1. The van der Waals surface area contributed by atoms with E-state index in [1.165, 1.54) is 6.08 Å². The van der Waals surface area contributed by atoms with Crippen LogP contribution in [0.1, 0.15) is 10.4 Å². The van der Waals surface area contributed by atoms with Gasteiger partial charge in [0.2, 0.25) is 5.82 Å². The van der Waals surface area contributed by atoms with Crippen LogP contribution in [-0.2, 0) is 4.74 Å². The summed E-state index contributed by atoms with van der Waals surface area (Å²) >= 11 is 0. The first-order valence-corrected chi connectivity index (χ1v) is 5.67. The highest BCUT2D eigenvalue weighted by atomic mass is 16.6. The summed E-state index contributed by atoms with van der Waals surface area (Å²) in [4.78, 5) is 35.2. The molecule has 0 saturated heterocycles. The Kier molecular flexibility index (Phi) is 5.62. The number of anilines is 1. The zero-order valence-electron chi connectivity index (χ0n) is 10.8. The van der Waals surface area contributed by atoms with Crippen molar-refractivity contribution in [3.63, 3.8) is 0 Å². The second-order valence-corrected chi connectivity index (χ2v) is 3.70. The molecule has 5 N–H and O–H groups in total. The Morgan fingerprint density at radius 1 is 1.43 bits per heavy atom. The number of pyridine rings is 1. The lowest BCUT2D eigenvalue weighted by atomic mass is 10.2. The minimum atomic E-state index is -0.896. The number of rotatable bonds is 7. The fraction of sp³-hybridized carbons (Fsp3) is 0.182. The lowest BCUT2D eigenvalue weighted by molar-refractivity contribution is -0.384. The van der Waals surface area contributed by atoms with E-state index in [-0.39, 0.29) is 30.2 Å². The smallest absolute Gasteiger partial charge is 0.404 e. The van der Waals surface area contributed by atoms with Crippen LogP contribution in [0, 0.1) is 10.1 Å². The minimum Gasteiger partial charge on any atom is -0.445 e. The highest BCUT2D eigenvalue weighted by Crippen LogP contribution is 2.22. The van der Waals surface area contributed by atoms with E-state index in [2.05, 4.69) is 15.0 Å². The third kappa shape index (κ3) is 5.14. The number of nitrogens with two attached hydrogens (primary N) is 2. The lowest BCUT2D eigenvalue weighted by Crippen LogP contribution is -2.13. The molecule has 0 aliphatic heterocycles. The van der Waals surface area contributed by atoms with E-state index in [4.69, 9.17) is 11.5 Å². The Morgan fingerprint density at radius 2 is 2.14 bits per heavy atom. The van der Waals surface area contributed by atoms with Crippen LogP contribution >= 0.6 is 0 Å². The Morgan fingerprint density at radius 3 is 2.71 bits per heavy atom. The molecule has 0 aromatic carbocycles. The zero-order valence-corrected chi connectivity index (χ0v) is 10.8. The Bertz CT molecular complexity index is 586. The van der Waals surface area contributed by atoms with Crippen LogP contribution in [0.5, 0.6) is 0 Å². The number of nitro groups is 1. The first-order valence-electron chi connectivity index (χ1n) is 5.67. The summed E-state index contributed by atoms with van der Waals surface area (Å²) in [7, 11) is 0. The average Bonchev–Trinajstić information content (AvgIpc) is 2.42. The molecule has 0 spiro atoms. The molecule has 2 amide bonds. The van der Waals surface area contributed by atoms with Gasteiger partial charge in [0.05, 0.1) is 10.5 Å². The molecular formula is C11H13N5O5. The number of nitrogens with zero attached hydrogens (tertiary/aromatic N) is 2. The fourth-order valence-corrected chi connectivity index (χ4v) is 1.30. The van der Waals surface area contributed by atoms with Gasteiger partial charge in [-0.05, 0) is 6.08 Å². The van der Waals surface area contributed by atoms with Crippen LogP contribution in [0.15, 0.2) is 24.4 Å². The van der Waals surface area contributed by atoms with E-state index in [1.807, 2.05) is 0 Å². The molecule has 1 aromatic heterocycles. The van der Waals surface area contributed by atoms with Gasteiger partial charge in [-0.15, -0.1) is 0 Å². The molecule has 0 atom stereocenters. The molecule has 1 aromatic rings. The fourth-order valence-electron chi connectivity index (χ4n) is 1.30. The summed E-state index contributed by atoms with van der Waals surface area (Å²) in [5, 5.41) is 13.6. The van der Waals surface area contributed by atoms with Crippen molar-refractivity contribution in [3.05, 3.63) is 40.1 Å². The molecule has 0 saturated carbocycles. The molecule has 0 radical (unpaired) electrons. The summed E-state index contributed by atoms with van der Waals surface area (Å²) in [6.07, 6.45) is 3.31. The first-order chi connectivity index (χ1) is 9.91. The number of ether oxygens (including phenoxy) is 1. The maximum absolute atomic E-state index is 11.0. The monoisotopic (exact) mass is 295 g/mol. The van der Waals surface area contributed by atoms with Gasteiger partial charge in [-0.1, -0.05) is 6.08 Å². The normalized spacial score (nSPS) is 10.3. The van der Waals surface area contributed by atoms with Crippen molar-refractivity contribution in [3.8, 4) is 0 Å². The van der Waals surface area contributed by atoms with Crippen molar-refractivity contribution in [2.75, 3.05) is 18.5 Å². The highest BCUT2D eigenvalue weighted by Gasteiger charge is 2.17. The minimum absolute atomic E-state index is 0.00680. The van der Waals surface area contributed by atoms with Gasteiger partial charge in [0.25, 0.3) is 5.91 Å². The second-order valence-electron chi connectivity index (χ2n) is 3.70. The lowest BCUT2D eigenvalue weighted by Gasteiger charge is -2.04. The Labute approximate surface area is 118 Å². The summed E-state index contributed by atoms with van der Waals surface area (Å²) in [6, 6.07) is 1.04. The van der Waals surface area contributed by atoms with E-state index >= 15 is 0 Å². The van der Waals surface area contributed by atoms with Crippen molar-refractivity contribution in [2.24, 2.45) is 11.5 Å². The van der Waals surface area contributed by atoms with Crippen molar-refractivity contribution in [1.82, 2.24) is 4.98 Å². The number of carbonyl (C=O) groups excluding carboxylic acids is 2. The molecule has 1 rings (SSSR count). The molecule has 112 valence electrons. The predicted octanol–water partition coefficient (Wildman–Crippen LogP) is 0.152. The molecule has 0 unspecified atom stereocenters. The van der Waals surface area contributed by atoms with Gasteiger partial charge in [0, 0.05) is 18.8 Å². The van der Waals surface area contributed by atoms with E-state index in [0.717, 1.165) is 12.3 Å². The number of hydrogen-bond acceptors (Lipinski definition) is 7. The zero-order chi connectivity index (χ0) is 15.8. The van der Waals surface area contributed by atoms with Gasteiger partial charge < -0.3 is 21.5 Å². The van der Waals surface area contributed by atoms with Gasteiger partial charge in [-0.25, -0.2) is 9.78 Å². The van der Waals surface area contributed by atoms with Crippen LogP contribution in [0.25, 0.3) is 0 Å². The van der Waals surface area contributed by atoms with Gasteiger partial charge in [0.1, 0.15) is 6.61 Å². The summed E-state index contributed by atoms with van der Waals surface area (Å²) in [5.74, 6) is -0.814. The Balaban J connectivity index is 2.68. The number of carbonyl (C=O) groups is 2. The van der Waals surface area contributed by atoms with Crippen LogP contribution < -0.4 is 16.8 Å². The van der Waals surface area contributed by atoms with Crippen LogP contribution in [0.3, 0.4) is 0 Å². The third-order valence-electron chi connectivity index (χ3n) is 2.22. The second kappa shape index (κ2) is 7.43. The highest BCUT2D eigenvalue weighted by molar-refractivity contribution is 5.93. The van der Waals surface area contributed by atoms with Crippen molar-refractivity contribution >= 4 is 23.5 Å². The molecule has 0 fully saturated rings. The number of hydrogen-bond donors (Lipinski definition) is 3. The molecule has 10 heteroatoms. The first kappa shape index (κ1) is 15.9. The van der Waals surface area contributed by atoms with Gasteiger partial charge in [-0.3, -0.25) is 14.9 Å². The van der Waals surface area contributed by atoms with Crippen LogP contribution in [0.4, 0.5) is 16.3 Å². The van der Waals surface area contributed by atoms with E-state index in [1.54, 1.807) is 6.08 Å². The van der Waals surface area contributed by atoms with Crippen molar-refractivity contribution in [1.29, 1.82) is 0 Å². The van der Waals surface area contributed by atoms with Crippen LogP contribution in [-0.4, -0.2) is 35.1 Å². The van der Waals surface area contributed by atoms with E-state index in [0.29, 0.717) is 0 Å². The van der Waals surface area contributed by atoms with E-state index < -0.39 is 16.9 Å². The van der Waals surface area contributed by atoms with Gasteiger partial charge >= 0.3 is 11.8 Å². The Hall–Kier alpha value is -3.17. The SMILES string of the molecule is NC(=O)OC/C=C/CNc1ncc(C(N)=O)cc1[N+](=O)[O-]. The molecule has 0 aliphatic rings. The molecule has 10 nitrogen and oxygen atoms in total. The standard InChI is InChI=1S/C11H13N5O5/c12-9(17)7-5-8(16(19)20)10(15-6-7)14-3-1-2-4-21-11(13)18/h1-2,5-6H,3-4H2,(H2,12,17)(H2,13,18)(H,14,15)/b2-1+. The number of aromatic nitrogens is 1. The predicted molar refractivity (Wildman–Crippen MR) is 72.6 cm³/mol. The maximum atomic E-state index is 11.0. The molecule has 0 bridgehead atoms. The largest absolute Gasteiger partial charge is 0.445 e. The number of amides is 2. The van der Waals surface area contributed by atoms with Crippen molar-refractivity contribution < 1.29 is 19.2 Å². The summed E-state index contributed by atoms with van der Waals surface area (Å²) in [6.45, 7) is 0.193. The third-order valence-corrected chi connectivity index (χ3v) is 2.22. The maximum Gasteiger partial charge on any atom is 0.404 e. The van der Waals surface area contributed by atoms with Crippen LogP contribution in [0.2, 0.25) is 0 Å². The summed E-state index contributed by atoms with van der Waals surface area (Å²) in [5.41, 5.74) is 9.36. The van der Waals surface area contributed by atoms with Crippen molar-refractivity contribution in [2.45, 2.75) is 0 Å². The molecule has 21 heavy (non-hydrogen) atoms. The van der Waals surface area contributed by atoms with E-state index in [9.17, 15) is 19.7 Å². The average molecular weight is 295 g/mol. The number of primary amides is 2. The topological polar surface area (TPSA) is 163 Å². The van der Waals surface area contributed by atoms with Gasteiger partial charge in [0.15, 0.2) is 0 Å². The molecule has 1 heterocycles.